The lowest BCUT2D eigenvalue weighted by Gasteiger charge is -2.16. The highest BCUT2D eigenvalue weighted by Gasteiger charge is 2.15. The van der Waals surface area contributed by atoms with E-state index in [2.05, 4.69) is 0 Å². The second kappa shape index (κ2) is 5.75. The minimum absolute atomic E-state index is 0.104. The Morgan fingerprint density at radius 1 is 1.00 bits per heavy atom. The van der Waals surface area contributed by atoms with Gasteiger partial charge in [0.25, 0.3) is 0 Å². The van der Waals surface area contributed by atoms with Crippen molar-refractivity contribution in [1.82, 2.24) is 0 Å². The average Bonchev–Trinajstić information content (AvgIpc) is 2.19. The van der Waals surface area contributed by atoms with Crippen LogP contribution in [0.1, 0.15) is 12.0 Å². The molecule has 0 heterocycles. The van der Waals surface area contributed by atoms with Crippen LogP contribution < -0.4 is 0 Å². The first-order valence-corrected chi connectivity index (χ1v) is 4.75. The van der Waals surface area contributed by atoms with Crippen molar-refractivity contribution in [2.24, 2.45) is 0 Å². The SMILES string of the molecule is OCC[C@H](O)[C@H](O)Cc1ccccc1. The first-order chi connectivity index (χ1) is 6.74. The number of benzene rings is 1. The summed E-state index contributed by atoms with van der Waals surface area (Å²) in [5.41, 5.74) is 0.983. The molecule has 0 aliphatic rings. The summed E-state index contributed by atoms with van der Waals surface area (Å²) in [6.45, 7) is -0.104. The van der Waals surface area contributed by atoms with Gasteiger partial charge in [0, 0.05) is 13.0 Å². The molecule has 1 aromatic rings. The Labute approximate surface area is 83.6 Å². The number of hydrogen-bond acceptors (Lipinski definition) is 3. The van der Waals surface area contributed by atoms with E-state index in [1.54, 1.807) is 0 Å². The quantitative estimate of drug-likeness (QED) is 0.636. The molecule has 3 heteroatoms. The highest BCUT2D eigenvalue weighted by Crippen LogP contribution is 2.07. The maximum absolute atomic E-state index is 9.54. The molecule has 0 saturated heterocycles. The van der Waals surface area contributed by atoms with Crippen LogP contribution in [0, 0.1) is 0 Å². The van der Waals surface area contributed by atoms with Crippen LogP contribution in [0.25, 0.3) is 0 Å². The van der Waals surface area contributed by atoms with Gasteiger partial charge in [0.2, 0.25) is 0 Å². The smallest absolute Gasteiger partial charge is 0.0840 e. The molecule has 1 aromatic carbocycles. The summed E-state index contributed by atoms with van der Waals surface area (Å²) in [5, 5.41) is 27.5. The van der Waals surface area contributed by atoms with Crippen LogP contribution in [-0.2, 0) is 6.42 Å². The second-order valence-electron chi connectivity index (χ2n) is 3.34. The third-order valence-electron chi connectivity index (χ3n) is 2.16. The number of aliphatic hydroxyl groups excluding tert-OH is 3. The summed E-state index contributed by atoms with van der Waals surface area (Å²) >= 11 is 0. The predicted molar refractivity (Wildman–Crippen MR) is 53.9 cm³/mol. The first kappa shape index (κ1) is 11.2. The second-order valence-corrected chi connectivity index (χ2v) is 3.34. The van der Waals surface area contributed by atoms with Gasteiger partial charge in [-0.25, -0.2) is 0 Å². The van der Waals surface area contributed by atoms with Gasteiger partial charge in [-0.05, 0) is 12.0 Å². The van der Waals surface area contributed by atoms with Crippen LogP contribution in [0.2, 0.25) is 0 Å². The molecular formula is C11H16O3. The fraction of sp³-hybridized carbons (Fsp3) is 0.455. The Morgan fingerprint density at radius 3 is 2.21 bits per heavy atom. The molecule has 0 aromatic heterocycles. The number of aliphatic hydroxyl groups is 3. The van der Waals surface area contributed by atoms with Gasteiger partial charge in [-0.15, -0.1) is 0 Å². The van der Waals surface area contributed by atoms with Gasteiger partial charge < -0.3 is 15.3 Å². The molecule has 0 unspecified atom stereocenters. The fourth-order valence-corrected chi connectivity index (χ4v) is 1.32. The summed E-state index contributed by atoms with van der Waals surface area (Å²) in [4.78, 5) is 0. The van der Waals surface area contributed by atoms with Gasteiger partial charge >= 0.3 is 0 Å². The summed E-state index contributed by atoms with van der Waals surface area (Å²) in [5.74, 6) is 0. The maximum atomic E-state index is 9.54. The third kappa shape index (κ3) is 3.46. The van der Waals surface area contributed by atoms with Gasteiger partial charge in [-0.1, -0.05) is 30.3 Å². The minimum Gasteiger partial charge on any atom is -0.396 e. The van der Waals surface area contributed by atoms with Gasteiger partial charge in [0.15, 0.2) is 0 Å². The molecular weight excluding hydrogens is 180 g/mol. The zero-order chi connectivity index (χ0) is 10.4. The van der Waals surface area contributed by atoms with Crippen LogP contribution >= 0.6 is 0 Å². The van der Waals surface area contributed by atoms with E-state index in [0.29, 0.717) is 6.42 Å². The zero-order valence-corrected chi connectivity index (χ0v) is 8.00. The normalized spacial score (nSPS) is 15.1. The molecule has 0 aliphatic heterocycles. The molecule has 0 amide bonds. The molecule has 3 N–H and O–H groups in total. The summed E-state index contributed by atoms with van der Waals surface area (Å²) < 4.78 is 0. The molecule has 0 bridgehead atoms. The predicted octanol–water partition coefficient (Wildman–Crippen LogP) is 0.333. The van der Waals surface area contributed by atoms with E-state index in [0.717, 1.165) is 5.56 Å². The maximum Gasteiger partial charge on any atom is 0.0840 e. The monoisotopic (exact) mass is 196 g/mol. The summed E-state index contributed by atoms with van der Waals surface area (Å²) in [7, 11) is 0. The summed E-state index contributed by atoms with van der Waals surface area (Å²) in [6.07, 6.45) is -1.01. The molecule has 78 valence electrons. The van der Waals surface area contributed by atoms with Gasteiger partial charge in [0.05, 0.1) is 12.2 Å². The van der Waals surface area contributed by atoms with Crippen LogP contribution in [0.3, 0.4) is 0 Å². The lowest BCUT2D eigenvalue weighted by Crippen LogP contribution is -2.28. The third-order valence-corrected chi connectivity index (χ3v) is 2.16. The van der Waals surface area contributed by atoms with Crippen molar-refractivity contribution in [3.05, 3.63) is 35.9 Å². The molecule has 1 rings (SSSR count). The topological polar surface area (TPSA) is 60.7 Å². The van der Waals surface area contributed by atoms with E-state index in [1.165, 1.54) is 0 Å². The molecule has 0 spiro atoms. The Balaban J connectivity index is 2.44. The van der Waals surface area contributed by atoms with Crippen molar-refractivity contribution < 1.29 is 15.3 Å². The Morgan fingerprint density at radius 2 is 1.64 bits per heavy atom. The van der Waals surface area contributed by atoms with Gasteiger partial charge in [-0.2, -0.15) is 0 Å². The molecule has 0 radical (unpaired) electrons. The number of rotatable bonds is 5. The van der Waals surface area contributed by atoms with Crippen molar-refractivity contribution in [2.75, 3.05) is 6.61 Å². The van der Waals surface area contributed by atoms with Gasteiger partial charge in [-0.3, -0.25) is 0 Å². The number of hydrogen-bond donors (Lipinski definition) is 3. The molecule has 0 saturated carbocycles. The highest BCUT2D eigenvalue weighted by atomic mass is 16.3. The summed E-state index contributed by atoms with van der Waals surface area (Å²) in [6, 6.07) is 9.48. The lowest BCUT2D eigenvalue weighted by molar-refractivity contribution is 0.00600. The van der Waals surface area contributed by atoms with Crippen molar-refractivity contribution in [3.8, 4) is 0 Å². The average molecular weight is 196 g/mol. The van der Waals surface area contributed by atoms with E-state index in [-0.39, 0.29) is 13.0 Å². The standard InChI is InChI=1S/C11H16O3/c12-7-6-10(13)11(14)8-9-4-2-1-3-5-9/h1-5,10-14H,6-8H2/t10-,11+/m0/s1. The van der Waals surface area contributed by atoms with Crippen molar-refractivity contribution >= 4 is 0 Å². The van der Waals surface area contributed by atoms with Crippen LogP contribution in [0.15, 0.2) is 30.3 Å². The van der Waals surface area contributed by atoms with Gasteiger partial charge in [0.1, 0.15) is 0 Å². The van der Waals surface area contributed by atoms with E-state index >= 15 is 0 Å². The molecule has 0 fully saturated rings. The lowest BCUT2D eigenvalue weighted by atomic mass is 10.0. The Hall–Kier alpha value is -0.900. The first-order valence-electron chi connectivity index (χ1n) is 4.75. The Kier molecular flexibility index (Phi) is 4.59. The molecule has 2 atom stereocenters. The molecule has 14 heavy (non-hydrogen) atoms. The fourth-order valence-electron chi connectivity index (χ4n) is 1.32. The van der Waals surface area contributed by atoms with Crippen molar-refractivity contribution in [2.45, 2.75) is 25.0 Å². The van der Waals surface area contributed by atoms with Crippen LogP contribution in [-0.4, -0.2) is 34.1 Å². The van der Waals surface area contributed by atoms with E-state index in [9.17, 15) is 10.2 Å². The van der Waals surface area contributed by atoms with E-state index in [1.807, 2.05) is 30.3 Å². The Bertz CT molecular complexity index is 248. The van der Waals surface area contributed by atoms with Crippen LogP contribution in [0.5, 0.6) is 0 Å². The van der Waals surface area contributed by atoms with E-state index in [4.69, 9.17) is 5.11 Å². The van der Waals surface area contributed by atoms with E-state index < -0.39 is 12.2 Å². The van der Waals surface area contributed by atoms with Crippen LogP contribution in [0.4, 0.5) is 0 Å². The molecule has 3 nitrogen and oxygen atoms in total. The minimum atomic E-state index is -0.847. The highest BCUT2D eigenvalue weighted by molar-refractivity contribution is 5.15. The molecule has 0 aliphatic carbocycles. The largest absolute Gasteiger partial charge is 0.396 e. The van der Waals surface area contributed by atoms with Crippen molar-refractivity contribution in [1.29, 1.82) is 0 Å². The van der Waals surface area contributed by atoms with Crippen molar-refractivity contribution in [3.63, 3.8) is 0 Å². The zero-order valence-electron chi connectivity index (χ0n) is 8.00.